The van der Waals surface area contributed by atoms with Crippen molar-refractivity contribution in [2.45, 2.75) is 58.8 Å². The van der Waals surface area contributed by atoms with E-state index in [0.29, 0.717) is 0 Å². The van der Waals surface area contributed by atoms with Crippen LogP contribution in [0.1, 0.15) is 70.2 Å². The van der Waals surface area contributed by atoms with E-state index in [-0.39, 0.29) is 10.8 Å². The standard InChI is InChI=1S/C21H25.C13H10.C5H5.Hf/c1-20(2,3)16-9-7-14-11-15-8-10-17(21(4,5)6)13-19(15)18(14)12-16;1-3-7-12(8-4-1)11-13-9-5-2-6-10-13;1-2-4-5-3-1;/h7-13H,1-6H3;1-10H;1-3H,4H2;/q-1;;-1;+2. The van der Waals surface area contributed by atoms with Crippen molar-refractivity contribution in [1.29, 1.82) is 0 Å². The van der Waals surface area contributed by atoms with Crippen LogP contribution >= 0.6 is 0 Å². The second-order valence-electron chi connectivity index (χ2n) is 12.4. The fourth-order valence-corrected chi connectivity index (χ4v) is 5.85. The predicted molar refractivity (Wildman–Crippen MR) is 172 cm³/mol. The van der Waals surface area contributed by atoms with Gasteiger partial charge in [-0.3, -0.25) is 6.08 Å². The van der Waals surface area contributed by atoms with Crippen molar-refractivity contribution < 1.29 is 23.9 Å². The van der Waals surface area contributed by atoms with Gasteiger partial charge in [0, 0.05) is 0 Å². The fourth-order valence-electron chi connectivity index (χ4n) is 4.65. The summed E-state index contributed by atoms with van der Waals surface area (Å²) in [6, 6.07) is 37.3. The molecule has 0 amide bonds. The van der Waals surface area contributed by atoms with E-state index in [9.17, 15) is 0 Å². The van der Waals surface area contributed by atoms with Crippen LogP contribution in [-0.4, -0.2) is 3.26 Å². The molecule has 1 aliphatic carbocycles. The van der Waals surface area contributed by atoms with E-state index >= 15 is 0 Å². The molecular weight excluding hydrogens is 647 g/mol. The molecule has 40 heavy (non-hydrogen) atoms. The van der Waals surface area contributed by atoms with Crippen molar-refractivity contribution in [3.05, 3.63) is 150 Å². The minimum absolute atomic E-state index is 0.194. The Morgan fingerprint density at radius 1 is 0.650 bits per heavy atom. The first-order valence-corrected chi connectivity index (χ1v) is 15.9. The number of hydrogen-bond donors (Lipinski definition) is 0. The summed E-state index contributed by atoms with van der Waals surface area (Å²) in [4.78, 5) is 0. The van der Waals surface area contributed by atoms with Crippen LogP contribution in [0.4, 0.5) is 0 Å². The molecule has 0 bridgehead atoms. The van der Waals surface area contributed by atoms with Crippen LogP contribution in [-0.2, 0) is 34.7 Å². The van der Waals surface area contributed by atoms with Crippen molar-refractivity contribution in [3.63, 3.8) is 0 Å². The van der Waals surface area contributed by atoms with Crippen molar-refractivity contribution in [1.82, 2.24) is 0 Å². The van der Waals surface area contributed by atoms with E-state index in [1.807, 2.05) is 12.2 Å². The zero-order chi connectivity index (χ0) is 28.8. The van der Waals surface area contributed by atoms with Gasteiger partial charge in [-0.05, 0) is 10.8 Å². The molecule has 0 radical (unpaired) electrons. The summed E-state index contributed by atoms with van der Waals surface area (Å²) in [6.07, 6.45) is 10.0. The molecule has 0 atom stereocenters. The second-order valence-corrected chi connectivity index (χ2v) is 14.2. The van der Waals surface area contributed by atoms with Crippen LogP contribution in [0.15, 0.2) is 121 Å². The van der Waals surface area contributed by atoms with Crippen molar-refractivity contribution >= 4 is 24.8 Å². The summed E-state index contributed by atoms with van der Waals surface area (Å²) < 4.78 is 1.46. The second kappa shape index (κ2) is 13.1. The Kier molecular flexibility index (Phi) is 9.80. The number of benzene rings is 4. The molecule has 0 aromatic heterocycles. The van der Waals surface area contributed by atoms with Gasteiger partial charge in [0.1, 0.15) is 0 Å². The first-order chi connectivity index (χ1) is 19.0. The number of hydrogen-bond acceptors (Lipinski definition) is 0. The van der Waals surface area contributed by atoms with E-state index in [1.165, 1.54) is 47.1 Å². The van der Waals surface area contributed by atoms with Crippen LogP contribution in [0.3, 0.4) is 0 Å². The molecule has 6 rings (SSSR count). The third-order valence-electron chi connectivity index (χ3n) is 7.15. The van der Waals surface area contributed by atoms with Crippen molar-refractivity contribution in [2.24, 2.45) is 0 Å². The molecule has 0 saturated heterocycles. The summed E-state index contributed by atoms with van der Waals surface area (Å²) in [5.41, 5.74) is 5.90. The normalized spacial score (nSPS) is 12.6. The molecule has 0 saturated carbocycles. The van der Waals surface area contributed by atoms with Gasteiger partial charge in [0.25, 0.3) is 0 Å². The molecule has 0 heterocycles. The summed E-state index contributed by atoms with van der Waals surface area (Å²) >= 11 is 1.08. The molecule has 5 aromatic rings. The van der Waals surface area contributed by atoms with Gasteiger partial charge < -0.3 is 0 Å². The molecular formula is C39H40Hf. The number of rotatable bonds is 2. The van der Waals surface area contributed by atoms with E-state index in [2.05, 4.69) is 157 Å². The quantitative estimate of drug-likeness (QED) is 0.128. The topological polar surface area (TPSA) is 0 Å². The van der Waals surface area contributed by atoms with E-state index < -0.39 is 0 Å². The maximum absolute atomic E-state index is 2.99. The Balaban J connectivity index is 0.000000166. The molecule has 1 heteroatoms. The van der Waals surface area contributed by atoms with Gasteiger partial charge in [-0.2, -0.15) is 6.08 Å². The van der Waals surface area contributed by atoms with Gasteiger partial charge in [-0.25, -0.2) is 12.2 Å². The maximum atomic E-state index is 2.99. The van der Waals surface area contributed by atoms with E-state index in [1.54, 1.807) is 0 Å². The van der Waals surface area contributed by atoms with Gasteiger partial charge in [-0.1, -0.05) is 76.9 Å². The van der Waals surface area contributed by atoms with Gasteiger partial charge >= 0.3 is 98.9 Å². The van der Waals surface area contributed by atoms with Crippen LogP contribution in [0.5, 0.6) is 0 Å². The molecule has 0 fully saturated rings. The molecule has 200 valence electrons. The molecule has 1 aliphatic rings. The average Bonchev–Trinajstić information content (AvgIpc) is 3.64. The summed E-state index contributed by atoms with van der Waals surface area (Å²) in [6.45, 7) is 13.7. The van der Waals surface area contributed by atoms with Gasteiger partial charge in [0.05, 0.1) is 0 Å². The first-order valence-electron chi connectivity index (χ1n) is 14.1. The first kappa shape index (κ1) is 29.9. The summed E-state index contributed by atoms with van der Waals surface area (Å²) in [5, 5.41) is 5.49. The van der Waals surface area contributed by atoms with E-state index in [4.69, 9.17) is 0 Å². The van der Waals surface area contributed by atoms with Crippen molar-refractivity contribution in [3.8, 4) is 0 Å². The van der Waals surface area contributed by atoms with Crippen LogP contribution < -0.4 is 0 Å². The summed E-state index contributed by atoms with van der Waals surface area (Å²) in [7, 11) is 0. The average molecular weight is 687 g/mol. The Labute approximate surface area is 255 Å². The SMILES string of the molecule is CC(C)(C)c1ccc2[cH-]c3ccc(C(C)(C)C)cc3c2c1.[C-]1=CC=CC1.[Hf+2]=[C](c1ccccc1)c1ccccc1. The van der Waals surface area contributed by atoms with Crippen LogP contribution in [0.25, 0.3) is 21.5 Å². The zero-order valence-electron chi connectivity index (χ0n) is 24.8. The zero-order valence-corrected chi connectivity index (χ0v) is 28.3. The van der Waals surface area contributed by atoms with Crippen molar-refractivity contribution in [2.75, 3.05) is 0 Å². The number of fused-ring (bicyclic) bond motifs is 3. The third-order valence-corrected chi connectivity index (χ3v) is 9.22. The molecule has 0 aliphatic heterocycles. The molecule has 5 aromatic carbocycles. The summed E-state index contributed by atoms with van der Waals surface area (Å²) in [5.74, 6) is 0. The Hall–Kier alpha value is -3.03. The predicted octanol–water partition coefficient (Wildman–Crippen LogP) is 10.4. The fraction of sp³-hybridized carbons (Fsp3) is 0.231. The van der Waals surface area contributed by atoms with Gasteiger partial charge in [0.15, 0.2) is 0 Å². The van der Waals surface area contributed by atoms with Crippen LogP contribution in [0.2, 0.25) is 0 Å². The van der Waals surface area contributed by atoms with E-state index in [0.717, 1.165) is 30.3 Å². The third kappa shape index (κ3) is 7.79. The van der Waals surface area contributed by atoms with Crippen LogP contribution in [0, 0.1) is 6.08 Å². The minimum atomic E-state index is 0.194. The molecule has 0 N–H and O–H groups in total. The molecule has 0 nitrogen and oxygen atoms in total. The van der Waals surface area contributed by atoms with Gasteiger partial charge in [0.2, 0.25) is 0 Å². The van der Waals surface area contributed by atoms with Gasteiger partial charge in [-0.15, -0.1) is 46.2 Å². The Bertz CT molecular complexity index is 1500. The Morgan fingerprint density at radius 3 is 1.43 bits per heavy atom. The number of allylic oxidation sites excluding steroid dienone is 4. The molecule has 0 spiro atoms. The monoisotopic (exact) mass is 688 g/mol. The Morgan fingerprint density at radius 2 is 1.10 bits per heavy atom. The molecule has 0 unspecified atom stereocenters.